The zero-order chi connectivity index (χ0) is 6.28. The van der Waals surface area contributed by atoms with Crippen molar-refractivity contribution in [2.75, 3.05) is 0 Å². The molecule has 0 saturated heterocycles. The van der Waals surface area contributed by atoms with Gasteiger partial charge in [-0.15, -0.1) is 0 Å². The minimum atomic E-state index is -2.17. The van der Waals surface area contributed by atoms with E-state index in [0.29, 0.717) is 0 Å². The highest BCUT2D eigenvalue weighted by atomic mass is 16.5. The molecule has 0 radical (unpaired) electrons. The molecular weight excluding hydrogens is 103 g/mol. The Morgan fingerprint density at radius 2 is 1.14 bits per heavy atom. The van der Waals surface area contributed by atoms with Gasteiger partial charge in [-0.2, -0.15) is 9.59 Å². The highest BCUT2D eigenvalue weighted by molar-refractivity contribution is 6.30. The maximum Gasteiger partial charge on any atom is 0.631 e. The Balaban J connectivity index is 0. The number of hydrogen-bond donors (Lipinski definition) is 3. The molecule has 0 atom stereocenters. The van der Waals surface area contributed by atoms with Crippen molar-refractivity contribution in [3.05, 3.63) is 0 Å². The second-order valence-corrected chi connectivity index (χ2v) is 0.430. The third-order valence-corrected chi connectivity index (χ3v) is 0. The first kappa shape index (κ1) is 9.59. The van der Waals surface area contributed by atoms with Gasteiger partial charge in [-0.25, -0.2) is 0 Å². The lowest BCUT2D eigenvalue weighted by atomic mass is 10.3. The Kier molecular flexibility index (Phi) is 12.3. The van der Waals surface area contributed by atoms with Crippen LogP contribution in [0.1, 0.15) is 0 Å². The van der Waals surface area contributed by atoms with Gasteiger partial charge in [0.05, 0.1) is 0 Å². The normalized spacial score (nSPS) is 5.00. The van der Waals surface area contributed by atoms with Crippen molar-refractivity contribution in [3.8, 4) is 0 Å². The molecule has 0 unspecified atom stereocenters. The molecule has 0 heterocycles. The molecule has 0 aromatic heterocycles. The van der Waals surface area contributed by atoms with E-state index in [0.717, 1.165) is 0 Å². The first-order valence-corrected chi connectivity index (χ1v) is 1.18. The molecule has 0 rings (SSSR count). The lowest BCUT2D eigenvalue weighted by Gasteiger charge is -1.69. The van der Waals surface area contributed by atoms with Crippen LogP contribution in [0.3, 0.4) is 0 Å². The lowest BCUT2D eigenvalue weighted by molar-refractivity contribution is -0.191. The summed E-state index contributed by atoms with van der Waals surface area (Å²) in [5.41, 5.74) is 0. The molecule has 0 bridgehead atoms. The number of hydrogen-bond acceptors (Lipinski definition) is 5. The Morgan fingerprint density at radius 3 is 1.14 bits per heavy atom. The van der Waals surface area contributed by atoms with Crippen molar-refractivity contribution in [1.29, 1.82) is 0 Å². The first-order chi connectivity index (χ1) is 3.15. The predicted molar refractivity (Wildman–Crippen MR) is 17.4 cm³/mol. The zero-order valence-electron chi connectivity index (χ0n) is 3.24. The van der Waals surface area contributed by atoms with Crippen LogP contribution in [-0.2, 0) is 9.59 Å². The molecule has 3 N–H and O–H groups in total. The van der Waals surface area contributed by atoms with Crippen LogP contribution in [0.15, 0.2) is 0 Å². The average molecular weight is 106 g/mol. The highest BCUT2D eigenvalue weighted by Gasteiger charge is 1.92. The standard InChI is InChI=1S/CO2.BH3O3/c2-1-3;2-1(3)4/h;2-4H. The van der Waals surface area contributed by atoms with Gasteiger partial charge in [0.25, 0.3) is 0 Å². The van der Waals surface area contributed by atoms with E-state index in [1.165, 1.54) is 0 Å². The molecule has 0 aromatic carbocycles. The topological polar surface area (TPSA) is 94.8 Å². The van der Waals surface area contributed by atoms with Gasteiger partial charge in [-0.05, 0) is 0 Å². The van der Waals surface area contributed by atoms with Crippen LogP contribution in [0.25, 0.3) is 0 Å². The van der Waals surface area contributed by atoms with Gasteiger partial charge in [0.2, 0.25) is 0 Å². The van der Waals surface area contributed by atoms with Crippen molar-refractivity contribution < 1.29 is 24.7 Å². The second-order valence-electron chi connectivity index (χ2n) is 0.430. The molecule has 0 amide bonds. The number of carbonyl (C=O) groups excluding carboxylic acids is 2. The van der Waals surface area contributed by atoms with E-state index in [-0.39, 0.29) is 6.15 Å². The molecule has 0 fully saturated rings. The smallest absolute Gasteiger partial charge is 0.402 e. The Labute approximate surface area is 39.4 Å². The van der Waals surface area contributed by atoms with E-state index in [9.17, 15) is 0 Å². The van der Waals surface area contributed by atoms with Crippen LogP contribution in [0.2, 0.25) is 0 Å². The molecule has 0 saturated carbocycles. The van der Waals surface area contributed by atoms with Crippen LogP contribution < -0.4 is 0 Å². The molecular formula is CH3BO5. The zero-order valence-corrected chi connectivity index (χ0v) is 3.24. The van der Waals surface area contributed by atoms with Crippen LogP contribution in [0.5, 0.6) is 0 Å². The third-order valence-electron chi connectivity index (χ3n) is 0. The second kappa shape index (κ2) is 9.01. The van der Waals surface area contributed by atoms with Crippen LogP contribution in [0, 0.1) is 0 Å². The summed E-state index contributed by atoms with van der Waals surface area (Å²) in [6.07, 6.45) is 0.250. The summed E-state index contributed by atoms with van der Waals surface area (Å²) in [5.74, 6) is 0. The Morgan fingerprint density at radius 1 is 1.14 bits per heavy atom. The van der Waals surface area contributed by atoms with Crippen LogP contribution in [0.4, 0.5) is 0 Å². The molecule has 0 aromatic rings. The largest absolute Gasteiger partial charge is 0.631 e. The molecule has 40 valence electrons. The van der Waals surface area contributed by atoms with Gasteiger partial charge in [0.1, 0.15) is 0 Å². The molecule has 7 heavy (non-hydrogen) atoms. The van der Waals surface area contributed by atoms with Crippen molar-refractivity contribution in [1.82, 2.24) is 0 Å². The molecule has 6 heteroatoms. The molecule has 0 spiro atoms. The van der Waals surface area contributed by atoms with Gasteiger partial charge in [0.15, 0.2) is 0 Å². The van der Waals surface area contributed by atoms with Gasteiger partial charge in [-0.1, -0.05) is 0 Å². The average Bonchev–Trinajstić information content (AvgIpc) is 1.33. The molecule has 0 aliphatic carbocycles. The highest BCUT2D eigenvalue weighted by Crippen LogP contribution is 1.40. The van der Waals surface area contributed by atoms with Gasteiger partial charge >= 0.3 is 13.5 Å². The minimum absolute atomic E-state index is 0.250. The monoisotopic (exact) mass is 106 g/mol. The maximum absolute atomic E-state index is 8.12. The quantitative estimate of drug-likeness (QED) is 0.293. The van der Waals surface area contributed by atoms with Crippen molar-refractivity contribution >= 4 is 13.5 Å². The van der Waals surface area contributed by atoms with E-state index >= 15 is 0 Å². The van der Waals surface area contributed by atoms with E-state index < -0.39 is 7.32 Å². The molecule has 5 nitrogen and oxygen atoms in total. The fourth-order valence-corrected chi connectivity index (χ4v) is 0. The summed E-state index contributed by atoms with van der Waals surface area (Å²) in [6.45, 7) is 0. The summed E-state index contributed by atoms with van der Waals surface area (Å²) >= 11 is 0. The Hall–Kier alpha value is -0.675. The lowest BCUT2D eigenvalue weighted by Crippen LogP contribution is -2.07. The van der Waals surface area contributed by atoms with E-state index in [4.69, 9.17) is 24.7 Å². The van der Waals surface area contributed by atoms with Crippen molar-refractivity contribution in [2.45, 2.75) is 0 Å². The maximum atomic E-state index is 8.12. The van der Waals surface area contributed by atoms with E-state index in [2.05, 4.69) is 0 Å². The van der Waals surface area contributed by atoms with Crippen molar-refractivity contribution in [2.24, 2.45) is 0 Å². The predicted octanol–water partition coefficient (Wildman–Crippen LogP) is -2.64. The molecule has 0 aliphatic heterocycles. The Bertz CT molecular complexity index is 50.3. The van der Waals surface area contributed by atoms with E-state index in [1.807, 2.05) is 0 Å². The van der Waals surface area contributed by atoms with Gasteiger partial charge in [0, 0.05) is 0 Å². The van der Waals surface area contributed by atoms with Crippen LogP contribution >= 0.6 is 0 Å². The SMILES string of the molecule is O=C=O.OB(O)O. The van der Waals surface area contributed by atoms with Gasteiger partial charge < -0.3 is 15.1 Å². The first-order valence-electron chi connectivity index (χ1n) is 1.18. The summed E-state index contributed by atoms with van der Waals surface area (Å²) in [6, 6.07) is 0. The van der Waals surface area contributed by atoms with E-state index in [1.54, 1.807) is 0 Å². The van der Waals surface area contributed by atoms with Crippen molar-refractivity contribution in [3.63, 3.8) is 0 Å². The fraction of sp³-hybridized carbons (Fsp3) is 0. The summed E-state index contributed by atoms with van der Waals surface area (Å²) in [5, 5.41) is 21.5. The minimum Gasteiger partial charge on any atom is -0.402 e. The van der Waals surface area contributed by atoms with Gasteiger partial charge in [-0.3, -0.25) is 0 Å². The summed E-state index contributed by atoms with van der Waals surface area (Å²) in [4.78, 5) is 16.2. The molecule has 0 aliphatic rings. The third kappa shape index (κ3) is 129. The fourth-order valence-electron chi connectivity index (χ4n) is 0. The summed E-state index contributed by atoms with van der Waals surface area (Å²) in [7, 11) is -2.17. The van der Waals surface area contributed by atoms with Crippen LogP contribution in [-0.4, -0.2) is 28.5 Å². The summed E-state index contributed by atoms with van der Waals surface area (Å²) < 4.78 is 0. The number of rotatable bonds is 0.